The third-order valence-corrected chi connectivity index (χ3v) is 6.28. The molecule has 0 unspecified atom stereocenters. The van der Waals surface area contributed by atoms with Crippen LogP contribution < -0.4 is 10.6 Å². The summed E-state index contributed by atoms with van der Waals surface area (Å²) in [5.41, 5.74) is -0.315. The van der Waals surface area contributed by atoms with Crippen LogP contribution in [0.1, 0.15) is 37.5 Å². The van der Waals surface area contributed by atoms with E-state index < -0.39 is 0 Å². The molecule has 0 aliphatic heterocycles. The standard InChI is InChI=1S/C18H29BrN4OS.HI/c1-4-20-17(21-12-9-14-7-8-15(19)25-14)22-13-18(10-5-6-11-18)16(24)23(2)3;/h7-8H,4-6,9-13H2,1-3H3,(H2,20,21,22);1H. The second-order valence-electron chi connectivity index (χ2n) is 6.76. The zero-order valence-electron chi connectivity index (χ0n) is 15.8. The summed E-state index contributed by atoms with van der Waals surface area (Å²) in [6.07, 6.45) is 5.08. The SMILES string of the molecule is CCNC(=NCC1(C(=O)N(C)C)CCCC1)NCCc1ccc(Br)s1.I. The highest BCUT2D eigenvalue weighted by molar-refractivity contribution is 14.0. The number of guanidine groups is 1. The van der Waals surface area contributed by atoms with Crippen molar-refractivity contribution in [2.45, 2.75) is 39.0 Å². The molecule has 8 heteroatoms. The van der Waals surface area contributed by atoms with Crippen molar-refractivity contribution < 1.29 is 4.79 Å². The number of thiophene rings is 1. The number of amides is 1. The molecule has 1 amide bonds. The fourth-order valence-corrected chi connectivity index (χ4v) is 4.81. The highest BCUT2D eigenvalue weighted by atomic mass is 127. The Balaban J connectivity index is 0.00000338. The first-order valence-electron chi connectivity index (χ1n) is 8.95. The van der Waals surface area contributed by atoms with Crippen molar-refractivity contribution in [3.8, 4) is 0 Å². The number of nitrogens with zero attached hydrogens (tertiary/aromatic N) is 2. The zero-order valence-corrected chi connectivity index (χ0v) is 20.5. The van der Waals surface area contributed by atoms with E-state index in [-0.39, 0.29) is 35.3 Å². The second kappa shape index (κ2) is 11.5. The van der Waals surface area contributed by atoms with Crippen molar-refractivity contribution in [2.75, 3.05) is 33.7 Å². The number of carbonyl (C=O) groups excluding carboxylic acids is 1. The van der Waals surface area contributed by atoms with Gasteiger partial charge in [0.25, 0.3) is 0 Å². The number of halogens is 2. The first kappa shape index (κ1) is 23.7. The van der Waals surface area contributed by atoms with Crippen molar-refractivity contribution in [2.24, 2.45) is 10.4 Å². The number of carbonyl (C=O) groups is 1. The summed E-state index contributed by atoms with van der Waals surface area (Å²) in [5.74, 6) is 1.02. The molecule has 1 fully saturated rings. The molecular weight excluding hydrogens is 527 g/mol. The van der Waals surface area contributed by atoms with Gasteiger partial charge in [-0.05, 0) is 54.2 Å². The molecule has 0 radical (unpaired) electrons. The van der Waals surface area contributed by atoms with E-state index in [0.29, 0.717) is 6.54 Å². The Morgan fingerprint density at radius 2 is 2.00 bits per heavy atom. The predicted octanol–water partition coefficient (Wildman–Crippen LogP) is 3.87. The molecule has 1 aliphatic carbocycles. The molecule has 1 heterocycles. The molecular formula is C18H30BrIN4OS. The maximum Gasteiger partial charge on any atom is 0.230 e. The lowest BCUT2D eigenvalue weighted by Gasteiger charge is -2.29. The van der Waals surface area contributed by atoms with Gasteiger partial charge in [0, 0.05) is 32.1 Å². The predicted molar refractivity (Wildman–Crippen MR) is 125 cm³/mol. The minimum atomic E-state index is -0.315. The topological polar surface area (TPSA) is 56.7 Å². The van der Waals surface area contributed by atoms with Gasteiger partial charge in [-0.15, -0.1) is 35.3 Å². The number of hydrogen-bond acceptors (Lipinski definition) is 3. The largest absolute Gasteiger partial charge is 0.357 e. The third-order valence-electron chi connectivity index (χ3n) is 4.60. The number of hydrogen-bond donors (Lipinski definition) is 2. The highest BCUT2D eigenvalue weighted by Crippen LogP contribution is 2.39. The average Bonchev–Trinajstić information content (AvgIpc) is 3.22. The first-order chi connectivity index (χ1) is 12.0. The van der Waals surface area contributed by atoms with E-state index in [1.807, 2.05) is 14.1 Å². The van der Waals surface area contributed by atoms with Gasteiger partial charge in [0.05, 0.1) is 15.7 Å². The number of rotatable bonds is 7. The van der Waals surface area contributed by atoms with Crippen LogP contribution in [0.3, 0.4) is 0 Å². The smallest absolute Gasteiger partial charge is 0.230 e. The fourth-order valence-electron chi connectivity index (χ4n) is 3.33. The monoisotopic (exact) mass is 556 g/mol. The number of nitrogens with one attached hydrogen (secondary N) is 2. The second-order valence-corrected chi connectivity index (χ2v) is 9.31. The van der Waals surface area contributed by atoms with Crippen LogP contribution in [0.15, 0.2) is 20.9 Å². The molecule has 1 aromatic heterocycles. The Morgan fingerprint density at radius 3 is 2.54 bits per heavy atom. The van der Waals surface area contributed by atoms with Crippen LogP contribution in [0.2, 0.25) is 0 Å². The van der Waals surface area contributed by atoms with Crippen molar-refractivity contribution in [1.29, 1.82) is 0 Å². The average molecular weight is 557 g/mol. The summed E-state index contributed by atoms with van der Waals surface area (Å²) in [4.78, 5) is 20.5. The zero-order chi connectivity index (χ0) is 18.3. The summed E-state index contributed by atoms with van der Waals surface area (Å²) >= 11 is 5.26. The van der Waals surface area contributed by atoms with Gasteiger partial charge in [-0.25, -0.2) is 0 Å². The summed E-state index contributed by atoms with van der Waals surface area (Å²) in [6.45, 7) is 4.26. The molecule has 0 aromatic carbocycles. The van der Waals surface area contributed by atoms with Gasteiger partial charge in [-0.1, -0.05) is 12.8 Å². The van der Waals surface area contributed by atoms with Crippen LogP contribution in [-0.2, 0) is 11.2 Å². The lowest BCUT2D eigenvalue weighted by Crippen LogP contribution is -2.43. The Kier molecular flexibility index (Phi) is 10.5. The first-order valence-corrected chi connectivity index (χ1v) is 10.6. The Labute approximate surface area is 186 Å². The molecule has 2 N–H and O–H groups in total. The lowest BCUT2D eigenvalue weighted by molar-refractivity contribution is -0.138. The van der Waals surface area contributed by atoms with Crippen LogP contribution in [0.25, 0.3) is 0 Å². The third kappa shape index (κ3) is 6.67. The summed E-state index contributed by atoms with van der Waals surface area (Å²) < 4.78 is 1.16. The Bertz CT molecular complexity index is 600. The van der Waals surface area contributed by atoms with Crippen LogP contribution in [0, 0.1) is 5.41 Å². The van der Waals surface area contributed by atoms with Gasteiger partial charge in [0.1, 0.15) is 0 Å². The van der Waals surface area contributed by atoms with Crippen molar-refractivity contribution in [3.05, 3.63) is 20.8 Å². The van der Waals surface area contributed by atoms with Gasteiger partial charge in [-0.3, -0.25) is 9.79 Å². The molecule has 1 saturated carbocycles. The van der Waals surface area contributed by atoms with Gasteiger partial charge < -0.3 is 15.5 Å². The van der Waals surface area contributed by atoms with E-state index >= 15 is 0 Å². The van der Waals surface area contributed by atoms with Crippen LogP contribution in [0.5, 0.6) is 0 Å². The molecule has 0 spiro atoms. The molecule has 0 bridgehead atoms. The lowest BCUT2D eigenvalue weighted by atomic mass is 9.85. The molecule has 26 heavy (non-hydrogen) atoms. The summed E-state index contributed by atoms with van der Waals surface area (Å²) in [5, 5.41) is 6.68. The van der Waals surface area contributed by atoms with Crippen LogP contribution in [0.4, 0.5) is 0 Å². The quantitative estimate of drug-likeness (QED) is 0.304. The van der Waals surface area contributed by atoms with Gasteiger partial charge in [-0.2, -0.15) is 0 Å². The summed E-state index contributed by atoms with van der Waals surface area (Å²) in [6, 6.07) is 4.22. The normalized spacial score (nSPS) is 16.1. The minimum Gasteiger partial charge on any atom is -0.357 e. The van der Waals surface area contributed by atoms with Crippen molar-refractivity contribution in [1.82, 2.24) is 15.5 Å². The molecule has 5 nitrogen and oxygen atoms in total. The molecule has 1 aromatic rings. The Morgan fingerprint density at radius 1 is 1.31 bits per heavy atom. The van der Waals surface area contributed by atoms with Gasteiger partial charge in [0.2, 0.25) is 5.91 Å². The summed E-state index contributed by atoms with van der Waals surface area (Å²) in [7, 11) is 3.68. The van der Waals surface area contributed by atoms with Crippen molar-refractivity contribution >= 4 is 63.1 Å². The van der Waals surface area contributed by atoms with E-state index in [9.17, 15) is 4.79 Å². The van der Waals surface area contributed by atoms with E-state index in [2.05, 4.69) is 45.6 Å². The maximum atomic E-state index is 12.7. The van der Waals surface area contributed by atoms with E-state index in [0.717, 1.165) is 54.9 Å². The fraction of sp³-hybridized carbons (Fsp3) is 0.667. The van der Waals surface area contributed by atoms with Crippen molar-refractivity contribution in [3.63, 3.8) is 0 Å². The van der Waals surface area contributed by atoms with E-state index in [1.54, 1.807) is 16.2 Å². The van der Waals surface area contributed by atoms with Crippen LogP contribution in [-0.4, -0.2) is 50.5 Å². The van der Waals surface area contributed by atoms with E-state index in [4.69, 9.17) is 4.99 Å². The molecule has 148 valence electrons. The van der Waals surface area contributed by atoms with Gasteiger partial charge >= 0.3 is 0 Å². The van der Waals surface area contributed by atoms with Crippen LogP contribution >= 0.6 is 51.2 Å². The maximum absolute atomic E-state index is 12.7. The highest BCUT2D eigenvalue weighted by Gasteiger charge is 2.41. The number of aliphatic imine (C=N–C) groups is 1. The minimum absolute atomic E-state index is 0. The van der Waals surface area contributed by atoms with Gasteiger partial charge in [0.15, 0.2) is 5.96 Å². The Hall–Kier alpha value is -0.350. The molecule has 1 aliphatic rings. The molecule has 0 atom stereocenters. The molecule has 0 saturated heterocycles. The molecule has 2 rings (SSSR count). The van der Waals surface area contributed by atoms with E-state index in [1.165, 1.54) is 4.88 Å².